The Morgan fingerprint density at radius 2 is 1.97 bits per heavy atom. The number of hydrogen-bond acceptors (Lipinski definition) is 5. The smallest absolute Gasteiger partial charge is 0.225 e. The van der Waals surface area contributed by atoms with Crippen LogP contribution in [0.4, 0.5) is 5.69 Å². The summed E-state index contributed by atoms with van der Waals surface area (Å²) in [5, 5.41) is 5.39. The molecule has 8 heteroatoms. The highest BCUT2D eigenvalue weighted by Crippen LogP contribution is 2.32. The molecule has 1 saturated carbocycles. The van der Waals surface area contributed by atoms with Crippen LogP contribution in [0.2, 0.25) is 0 Å². The standard InChI is InChI=1S/C24H31N7O/c1-25-14-17-3-5-18(6-4-17)24(32)31-11-9-30(10-12-31)22-7-8-26-23-20(22)13-21(28-23)19-15-27-29(2)16-19/h7-8,13-18H,3-6,9-12H2,1-2H3,(H,26,28)/t17-,18-. The molecule has 1 aliphatic carbocycles. The van der Waals surface area contributed by atoms with Crippen molar-refractivity contribution in [3.8, 4) is 11.3 Å². The van der Waals surface area contributed by atoms with E-state index in [0.717, 1.165) is 74.2 Å². The van der Waals surface area contributed by atoms with E-state index in [0.29, 0.717) is 11.8 Å². The molecule has 3 aromatic heterocycles. The summed E-state index contributed by atoms with van der Waals surface area (Å²) >= 11 is 0. The van der Waals surface area contributed by atoms with Crippen molar-refractivity contribution in [2.75, 3.05) is 38.1 Å². The number of aromatic amines is 1. The van der Waals surface area contributed by atoms with E-state index >= 15 is 0 Å². The summed E-state index contributed by atoms with van der Waals surface area (Å²) in [6.07, 6.45) is 11.9. The second kappa shape index (κ2) is 8.76. The van der Waals surface area contributed by atoms with E-state index in [1.807, 2.05) is 32.7 Å². The molecule has 0 unspecified atom stereocenters. The molecule has 1 aliphatic heterocycles. The molecule has 2 aliphatic rings. The van der Waals surface area contributed by atoms with Crippen LogP contribution in [0.1, 0.15) is 25.7 Å². The highest BCUT2D eigenvalue weighted by molar-refractivity contribution is 5.94. The average molecular weight is 434 g/mol. The highest BCUT2D eigenvalue weighted by Gasteiger charge is 2.31. The van der Waals surface area contributed by atoms with E-state index in [2.05, 4.69) is 48.2 Å². The van der Waals surface area contributed by atoms with Gasteiger partial charge in [0.15, 0.2) is 0 Å². The molecule has 1 amide bonds. The van der Waals surface area contributed by atoms with Crippen LogP contribution in [0.15, 0.2) is 35.7 Å². The molecule has 32 heavy (non-hydrogen) atoms. The summed E-state index contributed by atoms with van der Waals surface area (Å²) in [6.45, 7) is 3.24. The number of nitrogens with one attached hydrogen (secondary N) is 1. The first-order valence-corrected chi connectivity index (χ1v) is 11.5. The Bertz CT molecular complexity index is 1110. The van der Waals surface area contributed by atoms with Gasteiger partial charge in [0.25, 0.3) is 0 Å². The highest BCUT2D eigenvalue weighted by atomic mass is 16.2. The fraction of sp³-hybridized carbons (Fsp3) is 0.500. The maximum atomic E-state index is 13.1. The number of pyridine rings is 1. The van der Waals surface area contributed by atoms with Crippen molar-refractivity contribution < 1.29 is 4.79 Å². The summed E-state index contributed by atoms with van der Waals surface area (Å²) in [6, 6.07) is 4.24. The molecule has 1 saturated heterocycles. The molecule has 168 valence electrons. The van der Waals surface area contributed by atoms with Gasteiger partial charge in [-0.05, 0) is 43.7 Å². The number of nitrogens with zero attached hydrogens (tertiary/aromatic N) is 6. The molecule has 0 radical (unpaired) electrons. The Kier molecular flexibility index (Phi) is 5.68. The summed E-state index contributed by atoms with van der Waals surface area (Å²) in [5.41, 5.74) is 4.12. The van der Waals surface area contributed by atoms with Crippen LogP contribution in [0.3, 0.4) is 0 Å². The number of aliphatic imine (C=N–C) groups is 1. The van der Waals surface area contributed by atoms with Gasteiger partial charge < -0.3 is 19.8 Å². The molecular weight excluding hydrogens is 402 g/mol. The number of rotatable bonds is 4. The van der Waals surface area contributed by atoms with Crippen molar-refractivity contribution in [3.05, 3.63) is 30.7 Å². The maximum Gasteiger partial charge on any atom is 0.225 e. The summed E-state index contributed by atoms with van der Waals surface area (Å²) in [4.78, 5) is 29.7. The minimum Gasteiger partial charge on any atom is -0.367 e. The molecule has 0 spiro atoms. The quantitative estimate of drug-likeness (QED) is 0.641. The van der Waals surface area contributed by atoms with Crippen molar-refractivity contribution in [1.29, 1.82) is 0 Å². The molecule has 2 fully saturated rings. The van der Waals surface area contributed by atoms with E-state index in [4.69, 9.17) is 0 Å². The molecule has 0 aromatic carbocycles. The lowest BCUT2D eigenvalue weighted by atomic mass is 9.82. The monoisotopic (exact) mass is 433 g/mol. The molecule has 5 rings (SSSR count). The van der Waals surface area contributed by atoms with Crippen molar-refractivity contribution in [2.24, 2.45) is 23.9 Å². The number of fused-ring (bicyclic) bond motifs is 1. The van der Waals surface area contributed by atoms with E-state index in [1.165, 1.54) is 5.69 Å². The number of aryl methyl sites for hydroxylation is 1. The lowest BCUT2D eigenvalue weighted by Gasteiger charge is -2.38. The first-order chi connectivity index (χ1) is 15.6. The number of anilines is 1. The fourth-order valence-electron chi connectivity index (χ4n) is 5.16. The van der Waals surface area contributed by atoms with Crippen LogP contribution >= 0.6 is 0 Å². The zero-order chi connectivity index (χ0) is 22.1. The third-order valence-corrected chi connectivity index (χ3v) is 6.94. The lowest BCUT2D eigenvalue weighted by molar-refractivity contribution is -0.137. The first-order valence-electron chi connectivity index (χ1n) is 11.5. The van der Waals surface area contributed by atoms with Crippen LogP contribution in [0.25, 0.3) is 22.3 Å². The SMILES string of the molecule is CN=C[C@H]1CC[C@H](C(=O)N2CCN(c3ccnc4[nH]c(-c5cnn(C)c5)cc34)CC2)CC1. The van der Waals surface area contributed by atoms with Gasteiger partial charge in [-0.2, -0.15) is 5.10 Å². The van der Waals surface area contributed by atoms with E-state index in [-0.39, 0.29) is 5.92 Å². The summed E-state index contributed by atoms with van der Waals surface area (Å²) < 4.78 is 1.80. The first kappa shape index (κ1) is 20.7. The zero-order valence-electron chi connectivity index (χ0n) is 18.9. The molecule has 4 heterocycles. The van der Waals surface area contributed by atoms with Gasteiger partial charge in [-0.25, -0.2) is 4.98 Å². The second-order valence-corrected chi connectivity index (χ2v) is 9.01. The van der Waals surface area contributed by atoms with E-state index in [1.54, 1.807) is 4.68 Å². The fourth-order valence-corrected chi connectivity index (χ4v) is 5.16. The van der Waals surface area contributed by atoms with Gasteiger partial charge in [-0.15, -0.1) is 0 Å². The maximum absolute atomic E-state index is 13.1. The van der Waals surface area contributed by atoms with Gasteiger partial charge in [0, 0.05) is 81.4 Å². The lowest BCUT2D eigenvalue weighted by Crippen LogP contribution is -2.50. The van der Waals surface area contributed by atoms with Gasteiger partial charge in [0.2, 0.25) is 5.91 Å². The number of piperazine rings is 1. The van der Waals surface area contributed by atoms with Gasteiger partial charge in [0.1, 0.15) is 5.65 Å². The van der Waals surface area contributed by atoms with Crippen LogP contribution in [-0.4, -0.2) is 70.0 Å². The number of amides is 1. The minimum atomic E-state index is 0.183. The number of aromatic nitrogens is 4. The van der Waals surface area contributed by atoms with Gasteiger partial charge in [0.05, 0.1) is 11.9 Å². The van der Waals surface area contributed by atoms with Gasteiger partial charge >= 0.3 is 0 Å². The van der Waals surface area contributed by atoms with Crippen LogP contribution in [-0.2, 0) is 11.8 Å². The van der Waals surface area contributed by atoms with Crippen molar-refractivity contribution in [2.45, 2.75) is 25.7 Å². The van der Waals surface area contributed by atoms with Crippen LogP contribution in [0, 0.1) is 11.8 Å². The number of carbonyl (C=O) groups excluding carboxylic acids is 1. The molecule has 8 nitrogen and oxygen atoms in total. The van der Waals surface area contributed by atoms with Crippen LogP contribution in [0.5, 0.6) is 0 Å². The number of hydrogen-bond donors (Lipinski definition) is 1. The average Bonchev–Trinajstić information content (AvgIpc) is 3.45. The third-order valence-electron chi connectivity index (χ3n) is 6.94. The molecule has 3 aromatic rings. The van der Waals surface area contributed by atoms with Gasteiger partial charge in [-0.1, -0.05) is 0 Å². The largest absolute Gasteiger partial charge is 0.367 e. The number of H-pyrrole nitrogens is 1. The van der Waals surface area contributed by atoms with Crippen molar-refractivity contribution >= 4 is 28.8 Å². The molecule has 1 N–H and O–H groups in total. The Hall–Kier alpha value is -3.16. The number of carbonyl (C=O) groups is 1. The Morgan fingerprint density at radius 1 is 1.19 bits per heavy atom. The summed E-state index contributed by atoms with van der Waals surface area (Å²) in [7, 11) is 3.75. The molecule has 0 atom stereocenters. The van der Waals surface area contributed by atoms with Crippen molar-refractivity contribution in [3.63, 3.8) is 0 Å². The Morgan fingerprint density at radius 3 is 2.66 bits per heavy atom. The van der Waals surface area contributed by atoms with E-state index < -0.39 is 0 Å². The topological polar surface area (TPSA) is 82.4 Å². The van der Waals surface area contributed by atoms with Crippen LogP contribution < -0.4 is 4.90 Å². The van der Waals surface area contributed by atoms with E-state index in [9.17, 15) is 4.79 Å². The Labute approximate surface area is 188 Å². The van der Waals surface area contributed by atoms with Crippen molar-refractivity contribution in [1.82, 2.24) is 24.6 Å². The third kappa shape index (κ3) is 4.01. The zero-order valence-corrected chi connectivity index (χ0v) is 18.9. The summed E-state index contributed by atoms with van der Waals surface area (Å²) in [5.74, 6) is 1.08. The normalized spacial score (nSPS) is 22.2. The van der Waals surface area contributed by atoms with Gasteiger partial charge in [-0.3, -0.25) is 9.48 Å². The predicted molar refractivity (Wildman–Crippen MR) is 127 cm³/mol. The Balaban J connectivity index is 1.25. The predicted octanol–water partition coefficient (Wildman–Crippen LogP) is 3.12. The minimum absolute atomic E-state index is 0.183. The molecular formula is C24H31N7O. The molecule has 0 bridgehead atoms. The second-order valence-electron chi connectivity index (χ2n) is 9.01.